The molecule has 0 radical (unpaired) electrons. The fourth-order valence-corrected chi connectivity index (χ4v) is 1.80. The van der Waals surface area contributed by atoms with E-state index in [9.17, 15) is 4.79 Å². The van der Waals surface area contributed by atoms with Crippen LogP contribution in [-0.4, -0.2) is 31.8 Å². The summed E-state index contributed by atoms with van der Waals surface area (Å²) in [5.41, 5.74) is 0. The molecule has 19 heavy (non-hydrogen) atoms. The monoisotopic (exact) mass is 272 g/mol. The van der Waals surface area contributed by atoms with Crippen LogP contribution in [0.25, 0.3) is 0 Å². The molecule has 0 saturated carbocycles. The molecule has 0 fully saturated rings. The van der Waals surface area contributed by atoms with Crippen LogP contribution in [0.1, 0.15) is 59.8 Å². The Labute approximate surface area is 118 Å². The van der Waals surface area contributed by atoms with Gasteiger partial charge in [-0.1, -0.05) is 47.0 Å². The number of carbonyl (C=O) groups excluding carboxylic acids is 1. The Morgan fingerprint density at radius 3 is 2.37 bits per heavy atom. The maximum Gasteiger partial charge on any atom is 0.237 e. The van der Waals surface area contributed by atoms with Crippen molar-refractivity contribution in [2.24, 2.45) is 5.92 Å². The van der Waals surface area contributed by atoms with Gasteiger partial charge in [0.25, 0.3) is 0 Å². The van der Waals surface area contributed by atoms with Gasteiger partial charge in [0.1, 0.15) is 0 Å². The second-order valence-corrected chi connectivity index (χ2v) is 5.33. The van der Waals surface area contributed by atoms with Gasteiger partial charge in [-0.05, 0) is 18.8 Å². The summed E-state index contributed by atoms with van der Waals surface area (Å²) in [6, 6.07) is -0.164. The van der Waals surface area contributed by atoms with Gasteiger partial charge in [0, 0.05) is 13.2 Å². The Kier molecular flexibility index (Phi) is 12.0. The minimum atomic E-state index is -0.164. The molecule has 0 aromatic carbocycles. The fraction of sp³-hybridized carbons (Fsp3) is 0.933. The lowest BCUT2D eigenvalue weighted by Crippen LogP contribution is -2.48. The number of ether oxygens (including phenoxy) is 1. The number of hydrogen-bond acceptors (Lipinski definition) is 3. The number of unbranched alkanes of at least 4 members (excludes halogenated alkanes) is 3. The molecule has 1 amide bonds. The van der Waals surface area contributed by atoms with E-state index in [0.717, 1.165) is 32.4 Å². The molecule has 4 heteroatoms. The molecule has 1 atom stereocenters. The number of hydrogen-bond donors (Lipinski definition) is 2. The van der Waals surface area contributed by atoms with Gasteiger partial charge in [-0.2, -0.15) is 0 Å². The van der Waals surface area contributed by atoms with Crippen molar-refractivity contribution in [1.82, 2.24) is 10.6 Å². The average molecular weight is 272 g/mol. The fourth-order valence-electron chi connectivity index (χ4n) is 1.80. The number of rotatable bonds is 12. The zero-order chi connectivity index (χ0) is 14.5. The van der Waals surface area contributed by atoms with E-state index in [1.54, 1.807) is 0 Å². The number of nitrogens with one attached hydrogen (secondary N) is 2. The summed E-state index contributed by atoms with van der Waals surface area (Å²) in [5, 5.41) is 6.16. The van der Waals surface area contributed by atoms with Gasteiger partial charge in [0.2, 0.25) is 5.91 Å². The van der Waals surface area contributed by atoms with Crippen molar-refractivity contribution in [2.45, 2.75) is 65.8 Å². The lowest BCUT2D eigenvalue weighted by Gasteiger charge is -2.21. The normalized spacial score (nSPS) is 12.7. The van der Waals surface area contributed by atoms with Crippen molar-refractivity contribution in [3.8, 4) is 0 Å². The van der Waals surface area contributed by atoms with Crippen LogP contribution >= 0.6 is 0 Å². The molecule has 2 N–H and O–H groups in total. The molecule has 0 heterocycles. The molecule has 0 bridgehead atoms. The van der Waals surface area contributed by atoms with Gasteiger partial charge in [-0.25, -0.2) is 0 Å². The molecule has 0 spiro atoms. The number of amides is 1. The largest absolute Gasteiger partial charge is 0.366 e. The summed E-state index contributed by atoms with van der Waals surface area (Å²) >= 11 is 0. The van der Waals surface area contributed by atoms with E-state index in [-0.39, 0.29) is 17.9 Å². The van der Waals surface area contributed by atoms with Crippen LogP contribution in [-0.2, 0) is 9.53 Å². The first-order valence-electron chi connectivity index (χ1n) is 7.72. The second-order valence-electron chi connectivity index (χ2n) is 5.33. The first kappa shape index (κ1) is 18.4. The van der Waals surface area contributed by atoms with Crippen molar-refractivity contribution in [1.29, 1.82) is 0 Å². The summed E-state index contributed by atoms with van der Waals surface area (Å²) in [7, 11) is 0. The van der Waals surface area contributed by atoms with Crippen LogP contribution in [0.4, 0.5) is 0 Å². The molecule has 0 aromatic heterocycles. The lowest BCUT2D eigenvalue weighted by atomic mass is 10.0. The molecule has 0 aromatic rings. The smallest absolute Gasteiger partial charge is 0.237 e. The lowest BCUT2D eigenvalue weighted by molar-refractivity contribution is -0.124. The van der Waals surface area contributed by atoms with Crippen molar-refractivity contribution < 1.29 is 9.53 Å². The summed E-state index contributed by atoms with van der Waals surface area (Å²) in [4.78, 5) is 12.0. The van der Waals surface area contributed by atoms with Gasteiger partial charge in [-0.15, -0.1) is 0 Å². The first-order valence-corrected chi connectivity index (χ1v) is 7.72. The van der Waals surface area contributed by atoms with Crippen molar-refractivity contribution >= 4 is 5.91 Å². The summed E-state index contributed by atoms with van der Waals surface area (Å²) in [5.74, 6) is 0.349. The Balaban J connectivity index is 3.82. The highest BCUT2D eigenvalue weighted by molar-refractivity contribution is 5.81. The highest BCUT2D eigenvalue weighted by atomic mass is 16.5. The highest BCUT2D eigenvalue weighted by Crippen LogP contribution is 2.02. The van der Waals surface area contributed by atoms with E-state index in [1.165, 1.54) is 12.8 Å². The maximum atomic E-state index is 12.0. The molecule has 0 unspecified atom stereocenters. The standard InChI is InChI=1S/C15H32N2O2/c1-5-7-9-11-19-12-17-14(13(3)4)15(18)16-10-8-6-2/h13-14,17H,5-12H2,1-4H3,(H,16,18)/t14-/m0/s1. The van der Waals surface area contributed by atoms with Crippen molar-refractivity contribution in [3.63, 3.8) is 0 Å². The van der Waals surface area contributed by atoms with E-state index < -0.39 is 0 Å². The summed E-state index contributed by atoms with van der Waals surface area (Å²) in [6.07, 6.45) is 5.62. The van der Waals surface area contributed by atoms with E-state index in [4.69, 9.17) is 4.74 Å². The van der Waals surface area contributed by atoms with Crippen LogP contribution in [0, 0.1) is 5.92 Å². The predicted octanol–water partition coefficient (Wildman–Crippen LogP) is 2.68. The minimum absolute atomic E-state index is 0.0839. The minimum Gasteiger partial charge on any atom is -0.366 e. The van der Waals surface area contributed by atoms with Gasteiger partial charge >= 0.3 is 0 Å². The second kappa shape index (κ2) is 12.4. The molecule has 0 rings (SSSR count). The molecule has 0 aliphatic carbocycles. The van der Waals surface area contributed by atoms with Crippen LogP contribution in [0.15, 0.2) is 0 Å². The predicted molar refractivity (Wildman–Crippen MR) is 80.0 cm³/mol. The zero-order valence-electron chi connectivity index (χ0n) is 13.1. The van der Waals surface area contributed by atoms with E-state index >= 15 is 0 Å². The van der Waals surface area contributed by atoms with E-state index in [2.05, 4.69) is 24.5 Å². The topological polar surface area (TPSA) is 50.4 Å². The van der Waals surface area contributed by atoms with E-state index in [1.807, 2.05) is 13.8 Å². The van der Waals surface area contributed by atoms with Crippen molar-refractivity contribution in [2.75, 3.05) is 19.9 Å². The van der Waals surface area contributed by atoms with E-state index in [0.29, 0.717) is 6.73 Å². The third-order valence-corrected chi connectivity index (χ3v) is 3.08. The molecule has 4 nitrogen and oxygen atoms in total. The summed E-state index contributed by atoms with van der Waals surface area (Å²) in [6.45, 7) is 10.4. The first-order chi connectivity index (χ1) is 9.13. The third kappa shape index (κ3) is 9.91. The molecule has 0 aliphatic rings. The average Bonchev–Trinajstić information content (AvgIpc) is 2.37. The summed E-state index contributed by atoms with van der Waals surface area (Å²) < 4.78 is 5.50. The van der Waals surface area contributed by atoms with Crippen LogP contribution < -0.4 is 10.6 Å². The quantitative estimate of drug-likeness (QED) is 0.424. The van der Waals surface area contributed by atoms with Crippen LogP contribution in [0.3, 0.4) is 0 Å². The van der Waals surface area contributed by atoms with Gasteiger partial charge < -0.3 is 10.1 Å². The molecule has 114 valence electrons. The Hall–Kier alpha value is -0.610. The Morgan fingerprint density at radius 2 is 1.79 bits per heavy atom. The van der Waals surface area contributed by atoms with Gasteiger partial charge in [0.15, 0.2) is 0 Å². The molecular weight excluding hydrogens is 240 g/mol. The third-order valence-electron chi connectivity index (χ3n) is 3.08. The van der Waals surface area contributed by atoms with Crippen molar-refractivity contribution in [3.05, 3.63) is 0 Å². The highest BCUT2D eigenvalue weighted by Gasteiger charge is 2.20. The molecule has 0 aliphatic heterocycles. The Morgan fingerprint density at radius 1 is 1.11 bits per heavy atom. The SMILES string of the molecule is CCCCCOCN[C@H](C(=O)NCCCC)C(C)C. The van der Waals surface area contributed by atoms with Gasteiger partial charge in [-0.3, -0.25) is 10.1 Å². The molecular formula is C15H32N2O2. The maximum absolute atomic E-state index is 12.0. The van der Waals surface area contributed by atoms with Crippen LogP contribution in [0.2, 0.25) is 0 Å². The van der Waals surface area contributed by atoms with Crippen LogP contribution in [0.5, 0.6) is 0 Å². The Bertz CT molecular complexity index is 220. The number of carbonyl (C=O) groups is 1. The molecule has 0 saturated heterocycles. The zero-order valence-corrected chi connectivity index (χ0v) is 13.1. The van der Waals surface area contributed by atoms with Gasteiger partial charge in [0.05, 0.1) is 12.8 Å².